The molecule has 0 unspecified atom stereocenters. The maximum absolute atomic E-state index is 12.2. The molecule has 0 heterocycles. The maximum atomic E-state index is 12.2. The molecule has 0 aromatic heterocycles. The van der Waals surface area contributed by atoms with Crippen molar-refractivity contribution in [2.75, 3.05) is 39.2 Å². The van der Waals surface area contributed by atoms with Gasteiger partial charge in [-0.1, -0.05) is 29.8 Å². The van der Waals surface area contributed by atoms with Crippen molar-refractivity contribution >= 4 is 23.5 Å². The van der Waals surface area contributed by atoms with Gasteiger partial charge in [-0.05, 0) is 36.8 Å². The van der Waals surface area contributed by atoms with E-state index < -0.39 is 5.97 Å². The van der Waals surface area contributed by atoms with Crippen molar-refractivity contribution in [3.63, 3.8) is 0 Å². The lowest BCUT2D eigenvalue weighted by Crippen LogP contribution is -2.34. The van der Waals surface area contributed by atoms with Gasteiger partial charge in [0.05, 0.1) is 0 Å². The van der Waals surface area contributed by atoms with E-state index in [2.05, 4.69) is 5.32 Å². The van der Waals surface area contributed by atoms with Crippen LogP contribution in [0.25, 0.3) is 0 Å². The van der Waals surface area contributed by atoms with E-state index in [4.69, 9.17) is 4.74 Å². The quantitative estimate of drug-likeness (QED) is 0.689. The zero-order chi connectivity index (χ0) is 21.4. The van der Waals surface area contributed by atoms with Gasteiger partial charge in [-0.25, -0.2) is 0 Å². The van der Waals surface area contributed by atoms with Crippen molar-refractivity contribution in [3.8, 4) is 0 Å². The molecule has 0 radical (unpaired) electrons. The minimum Gasteiger partial charge on any atom is -0.454 e. The maximum Gasteiger partial charge on any atom is 0.325 e. The van der Waals surface area contributed by atoms with Gasteiger partial charge in [-0.3, -0.25) is 14.4 Å². The topological polar surface area (TPSA) is 78.9 Å². The summed E-state index contributed by atoms with van der Waals surface area (Å²) >= 11 is 0. The summed E-state index contributed by atoms with van der Waals surface area (Å²) in [7, 11) is 5.57. The lowest BCUT2D eigenvalue weighted by atomic mass is 10.1. The second kappa shape index (κ2) is 10.3. The van der Waals surface area contributed by atoms with Gasteiger partial charge in [0, 0.05) is 38.9 Å². The van der Waals surface area contributed by atoms with Crippen LogP contribution in [-0.4, -0.2) is 57.0 Å². The molecule has 2 aromatic carbocycles. The monoisotopic (exact) mass is 397 g/mol. The Hall–Kier alpha value is -3.35. The number of hydrogen-bond donors (Lipinski definition) is 1. The first-order valence-electron chi connectivity index (χ1n) is 9.27. The molecule has 0 aliphatic rings. The van der Waals surface area contributed by atoms with E-state index in [0.29, 0.717) is 12.1 Å². The highest BCUT2D eigenvalue weighted by molar-refractivity contribution is 5.96. The summed E-state index contributed by atoms with van der Waals surface area (Å²) in [5.74, 6) is -1.35. The summed E-state index contributed by atoms with van der Waals surface area (Å²) < 4.78 is 4.97. The molecule has 7 nitrogen and oxygen atoms in total. The van der Waals surface area contributed by atoms with Crippen LogP contribution in [0.4, 0.5) is 5.69 Å². The van der Waals surface area contributed by atoms with E-state index in [9.17, 15) is 14.4 Å². The van der Waals surface area contributed by atoms with Crippen LogP contribution in [0.15, 0.2) is 48.5 Å². The molecule has 0 atom stereocenters. The normalized spacial score (nSPS) is 10.2. The number of likely N-dealkylation sites (N-methyl/N-ethyl adjacent to an activating group) is 1. The number of aryl methyl sites for hydroxylation is 1. The third-order valence-corrected chi connectivity index (χ3v) is 4.33. The molecule has 0 saturated heterocycles. The molecule has 0 aliphatic heterocycles. The zero-order valence-electron chi connectivity index (χ0n) is 17.3. The lowest BCUT2D eigenvalue weighted by molar-refractivity contribution is -0.150. The molecule has 0 bridgehead atoms. The summed E-state index contributed by atoms with van der Waals surface area (Å²) in [5.41, 5.74) is 3.46. The van der Waals surface area contributed by atoms with Crippen LogP contribution >= 0.6 is 0 Å². The average molecular weight is 397 g/mol. The van der Waals surface area contributed by atoms with Gasteiger partial charge in [0.1, 0.15) is 6.54 Å². The van der Waals surface area contributed by atoms with Crippen LogP contribution in [0.5, 0.6) is 0 Å². The van der Waals surface area contributed by atoms with E-state index >= 15 is 0 Å². The minimum atomic E-state index is -0.664. The first-order valence-corrected chi connectivity index (χ1v) is 9.27. The number of carbonyl (C=O) groups is 3. The molecule has 0 aliphatic carbocycles. The summed E-state index contributed by atoms with van der Waals surface area (Å²) in [6, 6.07) is 14.9. The molecule has 29 heavy (non-hydrogen) atoms. The summed E-state index contributed by atoms with van der Waals surface area (Å²) in [5, 5.41) is 2.49. The van der Waals surface area contributed by atoms with Crippen LogP contribution in [-0.2, 0) is 20.9 Å². The number of carbonyl (C=O) groups excluding carboxylic acids is 3. The van der Waals surface area contributed by atoms with Gasteiger partial charge in [0.25, 0.3) is 11.8 Å². The number of anilines is 1. The van der Waals surface area contributed by atoms with Crippen LogP contribution in [0.2, 0.25) is 0 Å². The Labute approximate surface area is 171 Å². The Morgan fingerprint density at radius 2 is 1.69 bits per heavy atom. The molecule has 154 valence electrons. The molecule has 2 amide bonds. The summed E-state index contributed by atoms with van der Waals surface area (Å²) in [6.07, 6.45) is 0. The zero-order valence-corrected chi connectivity index (χ0v) is 17.3. The van der Waals surface area contributed by atoms with Gasteiger partial charge in [-0.2, -0.15) is 0 Å². The predicted molar refractivity (Wildman–Crippen MR) is 112 cm³/mol. The number of amides is 2. The highest BCUT2D eigenvalue weighted by Gasteiger charge is 2.14. The van der Waals surface area contributed by atoms with Crippen LogP contribution in [0.3, 0.4) is 0 Å². The molecule has 7 heteroatoms. The highest BCUT2D eigenvalue weighted by Crippen LogP contribution is 2.13. The standard InChI is InChI=1S/C22H27N3O4/c1-16-6-5-7-18(12-16)22(28)23-13-21(27)29-15-20(26)25(4)14-17-8-10-19(11-9-17)24(2)3/h5-12H,13-15H2,1-4H3,(H,23,28). The predicted octanol–water partition coefficient (Wildman–Crippen LogP) is 1.99. The summed E-state index contributed by atoms with van der Waals surface area (Å²) in [4.78, 5) is 39.5. The first-order chi connectivity index (χ1) is 13.8. The van der Waals surface area contributed by atoms with E-state index in [1.54, 1.807) is 25.2 Å². The fourth-order valence-electron chi connectivity index (χ4n) is 2.61. The van der Waals surface area contributed by atoms with E-state index in [1.165, 1.54) is 4.90 Å². The van der Waals surface area contributed by atoms with Crippen LogP contribution < -0.4 is 10.2 Å². The SMILES string of the molecule is Cc1cccc(C(=O)NCC(=O)OCC(=O)N(C)Cc2ccc(N(C)C)cc2)c1. The Balaban J connectivity index is 1.74. The second-order valence-corrected chi connectivity index (χ2v) is 7.02. The highest BCUT2D eigenvalue weighted by atomic mass is 16.5. The van der Waals surface area contributed by atoms with Crippen molar-refractivity contribution in [1.82, 2.24) is 10.2 Å². The van der Waals surface area contributed by atoms with Crippen molar-refractivity contribution in [2.45, 2.75) is 13.5 Å². The molecule has 0 saturated carbocycles. The van der Waals surface area contributed by atoms with E-state index in [-0.39, 0.29) is 25.0 Å². The Morgan fingerprint density at radius 3 is 2.31 bits per heavy atom. The Bertz CT molecular complexity index is 863. The molecule has 2 aromatic rings. The van der Waals surface area contributed by atoms with Gasteiger partial charge in [0.15, 0.2) is 6.61 Å². The van der Waals surface area contributed by atoms with Crippen molar-refractivity contribution in [3.05, 3.63) is 65.2 Å². The van der Waals surface area contributed by atoms with Gasteiger partial charge in [-0.15, -0.1) is 0 Å². The second-order valence-electron chi connectivity index (χ2n) is 7.02. The summed E-state index contributed by atoms with van der Waals surface area (Å²) in [6.45, 7) is 1.62. The fourth-order valence-corrected chi connectivity index (χ4v) is 2.61. The number of rotatable bonds is 8. The van der Waals surface area contributed by atoms with Gasteiger partial charge < -0.3 is 19.9 Å². The molecular formula is C22H27N3O4. The van der Waals surface area contributed by atoms with Crippen molar-refractivity contribution in [1.29, 1.82) is 0 Å². The largest absolute Gasteiger partial charge is 0.454 e. The van der Waals surface area contributed by atoms with Crippen molar-refractivity contribution in [2.24, 2.45) is 0 Å². The Kier molecular flexibility index (Phi) is 7.77. The number of nitrogens with zero attached hydrogens (tertiary/aromatic N) is 2. The number of esters is 1. The molecular weight excluding hydrogens is 370 g/mol. The third-order valence-electron chi connectivity index (χ3n) is 4.33. The van der Waals surface area contributed by atoms with Crippen LogP contribution in [0, 0.1) is 6.92 Å². The molecule has 0 spiro atoms. The third kappa shape index (κ3) is 6.95. The van der Waals surface area contributed by atoms with E-state index in [1.807, 2.05) is 56.3 Å². The smallest absolute Gasteiger partial charge is 0.325 e. The minimum absolute atomic E-state index is 0.296. The average Bonchev–Trinajstić information content (AvgIpc) is 2.70. The molecule has 0 fully saturated rings. The first kappa shape index (κ1) is 21.9. The lowest BCUT2D eigenvalue weighted by Gasteiger charge is -2.18. The Morgan fingerprint density at radius 1 is 1.00 bits per heavy atom. The fraction of sp³-hybridized carbons (Fsp3) is 0.318. The van der Waals surface area contributed by atoms with Crippen LogP contribution in [0.1, 0.15) is 21.5 Å². The number of nitrogens with one attached hydrogen (secondary N) is 1. The van der Waals surface area contributed by atoms with Gasteiger partial charge >= 0.3 is 5.97 Å². The molecule has 2 rings (SSSR count). The van der Waals surface area contributed by atoms with Crippen molar-refractivity contribution < 1.29 is 19.1 Å². The van der Waals surface area contributed by atoms with Gasteiger partial charge in [0.2, 0.25) is 0 Å². The molecule has 1 N–H and O–H groups in total. The number of benzene rings is 2. The number of ether oxygens (including phenoxy) is 1. The number of hydrogen-bond acceptors (Lipinski definition) is 5. The van der Waals surface area contributed by atoms with E-state index in [0.717, 1.165) is 16.8 Å².